The van der Waals surface area contributed by atoms with E-state index in [0.717, 1.165) is 48.5 Å². The number of aryl methyl sites for hydroxylation is 2. The molecule has 66 heavy (non-hydrogen) atoms. The molecule has 0 radical (unpaired) electrons. The topological polar surface area (TPSA) is 338 Å². The zero-order valence-corrected chi connectivity index (χ0v) is 43.4. The third kappa shape index (κ3) is 13.5. The molecule has 0 aliphatic rings. The quantitative estimate of drug-likeness (QED) is 0.0657. The molecule has 0 saturated heterocycles. The summed E-state index contributed by atoms with van der Waals surface area (Å²) >= 11 is 0. The van der Waals surface area contributed by atoms with Crippen molar-refractivity contribution in [1.82, 2.24) is 0 Å². The van der Waals surface area contributed by atoms with Gasteiger partial charge in [-0.15, -0.1) is 0 Å². The second kappa shape index (κ2) is 22.9. The van der Waals surface area contributed by atoms with Gasteiger partial charge in [-0.05, 0) is 73.5 Å². The van der Waals surface area contributed by atoms with E-state index in [0.29, 0.717) is 11.1 Å². The van der Waals surface area contributed by atoms with E-state index in [1.54, 1.807) is 13.8 Å². The van der Waals surface area contributed by atoms with Crippen LogP contribution in [0.3, 0.4) is 0 Å². The van der Waals surface area contributed by atoms with Crippen LogP contribution in [0.5, 0.6) is 11.5 Å². The van der Waals surface area contributed by atoms with Crippen LogP contribution in [0, 0.1) is 13.8 Å². The summed E-state index contributed by atoms with van der Waals surface area (Å²) in [6.45, 7) is 3.16. The number of amides is 2. The zero-order valence-electron chi connectivity index (χ0n) is 36.1. The van der Waals surface area contributed by atoms with E-state index >= 15 is 0 Å². The van der Waals surface area contributed by atoms with Crippen molar-refractivity contribution in [1.29, 1.82) is 0 Å². The number of carbonyl (C=O) groups is 1. The summed E-state index contributed by atoms with van der Waals surface area (Å²) in [7, 11) is -18.0. The van der Waals surface area contributed by atoms with Gasteiger partial charge >= 0.3 is 103 Å². The van der Waals surface area contributed by atoms with Crippen molar-refractivity contribution >= 4 is 102 Å². The zero-order chi connectivity index (χ0) is 45.5. The van der Waals surface area contributed by atoms with Crippen LogP contribution in [-0.2, 0) is 40.5 Å². The molecule has 2 N–H and O–H groups in total. The number of anilines is 2. The second-order valence-electron chi connectivity index (χ2n) is 13.1. The first-order chi connectivity index (χ1) is 28.9. The summed E-state index contributed by atoms with van der Waals surface area (Å²) in [5.41, 5.74) is 0.792. The first-order valence-electron chi connectivity index (χ1n) is 17.1. The molecule has 324 valence electrons. The van der Waals surface area contributed by atoms with Crippen LogP contribution >= 0.6 is 0 Å². The number of nitrogens with one attached hydrogen (secondary N) is 2. The molecule has 0 spiro atoms. The maximum atomic E-state index is 13.3. The van der Waals surface area contributed by atoms with Crippen molar-refractivity contribution in [2.75, 3.05) is 24.9 Å². The normalized spacial score (nSPS) is 11.9. The van der Waals surface area contributed by atoms with Gasteiger partial charge in [-0.2, -0.15) is 20.5 Å². The van der Waals surface area contributed by atoms with Crippen LogP contribution in [0.4, 0.5) is 38.9 Å². The maximum Gasteiger partial charge on any atom is 1.00 e. The van der Waals surface area contributed by atoms with Gasteiger partial charge in [0.05, 0.1) is 67.9 Å². The molecule has 6 aromatic carbocycles. The molecule has 0 bridgehead atoms. The van der Waals surface area contributed by atoms with Gasteiger partial charge in [-0.3, -0.25) is 0 Å². The van der Waals surface area contributed by atoms with Gasteiger partial charge in [0.25, 0.3) is 0 Å². The maximum absolute atomic E-state index is 13.3. The summed E-state index contributed by atoms with van der Waals surface area (Å²) in [5, 5.41) is 20.1. The molecular weight excluding hydrogens is 957 g/mol. The Bertz CT molecular complexity index is 3180. The first-order valence-corrected chi connectivity index (χ1v) is 22.8. The van der Waals surface area contributed by atoms with Crippen molar-refractivity contribution in [3.8, 4) is 11.5 Å². The Morgan fingerprint density at radius 3 is 1.12 bits per heavy atom. The van der Waals surface area contributed by atoms with Gasteiger partial charge in [0.1, 0.15) is 52.0 Å². The number of nitrogens with zero attached hydrogens (tertiary/aromatic N) is 4. The number of rotatable bonds is 12. The molecule has 0 atom stereocenters. The van der Waals surface area contributed by atoms with Gasteiger partial charge in [0.2, 0.25) is 0 Å². The molecular formula is C37H28Li2N6Na2O15S4. The number of hydrogen-bond donors (Lipinski definition) is 2. The SMILES string of the molecule is COc1cc(N=Nc2cc(S(=O)(=O)[O-])c3cccc(S(=O)(=O)[O-])c3c2)c(C)cc1NC(=O)Nc1cc(C)c(N=Nc2cc(S(=O)(=O)[O-])c3cccc(S(=O)(=O)[O-])c3c2)cc1OC.[Li+].[Li+].[Na+].[Na+]. The van der Waals surface area contributed by atoms with E-state index in [1.807, 2.05) is 0 Å². The Morgan fingerprint density at radius 1 is 0.485 bits per heavy atom. The minimum atomic E-state index is -5.18. The monoisotopic (exact) mass is 984 g/mol. The van der Waals surface area contributed by atoms with Crippen LogP contribution in [0.2, 0.25) is 0 Å². The van der Waals surface area contributed by atoms with E-state index in [2.05, 4.69) is 31.1 Å². The van der Waals surface area contributed by atoms with E-state index in [1.165, 1.54) is 50.6 Å². The predicted octanol–water partition coefficient (Wildman–Crippen LogP) is -5.27. The minimum Gasteiger partial charge on any atom is -0.744 e. The van der Waals surface area contributed by atoms with Crippen molar-refractivity contribution < 1.29 is 163 Å². The Labute approximate surface area is 446 Å². The number of azo groups is 2. The standard InChI is InChI=1S/C37H32N6O15S4.2Li.2Na/c1-19-11-29(31(57-3)17-27(19)42-40-21-13-25-23(35(15-21)61(51,52)53)7-5-9-33(25)59(45,46)47)38-37(44)39-30-12-20(2)28(18-32(30)58-4)43-41-22-14-26-24(36(16-22)62(54,55)56)8-6-10-34(26)60(48,49)50;;;;/h5-18H,1-4H3,(H2,38,39,44)(H,45,46,47)(H,48,49,50)(H,51,52,53)(H,54,55,56);;;;/q;4*+1/p-4. The van der Waals surface area contributed by atoms with Gasteiger partial charge in [-0.1, -0.05) is 24.3 Å². The fourth-order valence-electron chi connectivity index (χ4n) is 6.19. The van der Waals surface area contributed by atoms with E-state index in [9.17, 15) is 56.7 Å². The average Bonchev–Trinajstić information content (AvgIpc) is 3.17. The molecule has 6 aromatic rings. The van der Waals surface area contributed by atoms with Crippen LogP contribution in [0.15, 0.2) is 125 Å². The third-order valence-corrected chi connectivity index (χ3v) is 12.5. The Kier molecular flexibility index (Phi) is 20.4. The Hall–Kier alpha value is -3.26. The number of urea groups is 1. The van der Waals surface area contributed by atoms with Crippen molar-refractivity contribution in [3.05, 3.63) is 96.1 Å². The Balaban J connectivity index is 0.00000374. The van der Waals surface area contributed by atoms with E-state index in [-0.39, 0.29) is 164 Å². The molecule has 0 aliphatic carbocycles. The molecule has 0 aromatic heterocycles. The summed E-state index contributed by atoms with van der Waals surface area (Å²) in [6, 6.07) is 15.3. The third-order valence-electron chi connectivity index (χ3n) is 8.96. The summed E-state index contributed by atoms with van der Waals surface area (Å²) in [5.74, 6) is 0.141. The largest absolute Gasteiger partial charge is 1.00 e. The van der Waals surface area contributed by atoms with Gasteiger partial charge in [0, 0.05) is 33.7 Å². The van der Waals surface area contributed by atoms with Gasteiger partial charge in [-0.25, -0.2) is 38.5 Å². The minimum absolute atomic E-state index is 0. The molecule has 0 heterocycles. The second-order valence-corrected chi connectivity index (χ2v) is 18.5. The van der Waals surface area contributed by atoms with Crippen LogP contribution in [0.25, 0.3) is 21.5 Å². The molecule has 29 heteroatoms. The molecule has 21 nitrogen and oxygen atoms in total. The average molecular weight is 985 g/mol. The molecule has 0 saturated carbocycles. The molecule has 0 unspecified atom stereocenters. The molecule has 0 fully saturated rings. The van der Waals surface area contributed by atoms with Gasteiger partial charge < -0.3 is 38.3 Å². The summed E-state index contributed by atoms with van der Waals surface area (Å²) in [6.07, 6.45) is 0. The Morgan fingerprint density at radius 2 is 0.818 bits per heavy atom. The summed E-state index contributed by atoms with van der Waals surface area (Å²) in [4.78, 5) is 10.1. The first kappa shape index (κ1) is 58.9. The van der Waals surface area contributed by atoms with Crippen LogP contribution < -0.4 is 117 Å². The smallest absolute Gasteiger partial charge is 0.744 e. The fraction of sp³-hybridized carbons (Fsp3) is 0.108. The van der Waals surface area contributed by atoms with Crippen molar-refractivity contribution in [3.63, 3.8) is 0 Å². The predicted molar refractivity (Wildman–Crippen MR) is 216 cm³/mol. The van der Waals surface area contributed by atoms with Crippen LogP contribution in [0.1, 0.15) is 11.1 Å². The van der Waals surface area contributed by atoms with Crippen LogP contribution in [-0.4, -0.2) is 72.1 Å². The number of hydrogen-bond acceptors (Lipinski definition) is 19. The number of methoxy groups -OCH3 is 2. The van der Waals surface area contributed by atoms with Crippen molar-refractivity contribution in [2.24, 2.45) is 20.5 Å². The number of benzene rings is 6. The van der Waals surface area contributed by atoms with E-state index in [4.69, 9.17) is 9.47 Å². The van der Waals surface area contributed by atoms with Gasteiger partial charge in [0.15, 0.2) is 0 Å². The van der Waals surface area contributed by atoms with E-state index < -0.39 is 66.1 Å². The number of carbonyl (C=O) groups excluding carboxylic acids is 1. The molecule has 0 aliphatic heterocycles. The number of ether oxygens (including phenoxy) is 2. The van der Waals surface area contributed by atoms with Crippen molar-refractivity contribution in [2.45, 2.75) is 33.4 Å². The molecule has 6 rings (SSSR count). The summed E-state index contributed by atoms with van der Waals surface area (Å²) < 4.78 is 155. The fourth-order valence-corrected chi connectivity index (χ4v) is 8.98. The molecule has 2 amide bonds. The number of fused-ring (bicyclic) bond motifs is 2.